The first kappa shape index (κ1) is 10.9. The second kappa shape index (κ2) is 4.08. The summed E-state index contributed by atoms with van der Waals surface area (Å²) < 4.78 is 1.73. The lowest BCUT2D eigenvalue weighted by molar-refractivity contribution is 0.662. The number of hydrogen-bond acceptors (Lipinski definition) is 3. The topological polar surface area (TPSA) is 63.6 Å². The Kier molecular flexibility index (Phi) is 2.77. The van der Waals surface area contributed by atoms with Gasteiger partial charge >= 0.3 is 0 Å². The molecule has 1 N–H and O–H groups in total. The van der Waals surface area contributed by atoms with Crippen LogP contribution in [0.2, 0.25) is 0 Å². The maximum atomic E-state index is 11.8. The van der Waals surface area contributed by atoms with E-state index in [-0.39, 0.29) is 5.56 Å². The van der Waals surface area contributed by atoms with E-state index in [1.165, 1.54) is 0 Å². The first-order valence-corrected chi connectivity index (χ1v) is 5.63. The van der Waals surface area contributed by atoms with Crippen molar-refractivity contribution >= 4 is 11.0 Å². The van der Waals surface area contributed by atoms with Crippen LogP contribution in [-0.4, -0.2) is 19.7 Å². The van der Waals surface area contributed by atoms with Gasteiger partial charge in [0.15, 0.2) is 5.52 Å². The van der Waals surface area contributed by atoms with Gasteiger partial charge in [0.25, 0.3) is 5.56 Å². The highest BCUT2D eigenvalue weighted by Crippen LogP contribution is 2.14. The monoisotopic (exact) mass is 220 g/mol. The van der Waals surface area contributed by atoms with Gasteiger partial charge in [-0.15, -0.1) is 0 Å². The fourth-order valence-electron chi connectivity index (χ4n) is 1.90. The lowest BCUT2D eigenvalue weighted by atomic mass is 10.2. The molecule has 0 radical (unpaired) electrons. The molecule has 0 unspecified atom stereocenters. The first-order chi connectivity index (χ1) is 7.67. The number of aromatic nitrogens is 4. The lowest BCUT2D eigenvalue weighted by Crippen LogP contribution is -2.13. The summed E-state index contributed by atoms with van der Waals surface area (Å²) in [5.41, 5.74) is 2.18. The molecule has 0 atom stereocenters. The standard InChI is InChI=1S/C11H16N4O/c1-4-6-8-9-10(15(5-2)14-8)11(16)13-7(3)12-9/h4-6H2,1-3H3,(H,12,13,16). The highest BCUT2D eigenvalue weighted by atomic mass is 16.1. The molecule has 0 aliphatic rings. The van der Waals surface area contributed by atoms with Crippen LogP contribution in [0.1, 0.15) is 31.8 Å². The Morgan fingerprint density at radius 1 is 1.38 bits per heavy atom. The van der Waals surface area contributed by atoms with Crippen LogP contribution in [0.3, 0.4) is 0 Å². The molecule has 2 heterocycles. The van der Waals surface area contributed by atoms with E-state index in [2.05, 4.69) is 22.0 Å². The molecule has 2 aromatic rings. The Labute approximate surface area is 93.5 Å². The van der Waals surface area contributed by atoms with Gasteiger partial charge in [-0.1, -0.05) is 13.3 Å². The second-order valence-electron chi connectivity index (χ2n) is 3.86. The minimum absolute atomic E-state index is 0.0980. The molecule has 0 aliphatic heterocycles. The largest absolute Gasteiger partial charge is 0.309 e. The Hall–Kier alpha value is -1.65. The van der Waals surface area contributed by atoms with Crippen LogP contribution < -0.4 is 5.56 Å². The van der Waals surface area contributed by atoms with Gasteiger partial charge in [0.05, 0.1) is 5.69 Å². The number of aryl methyl sites for hydroxylation is 3. The van der Waals surface area contributed by atoms with Crippen LogP contribution in [0.5, 0.6) is 0 Å². The van der Waals surface area contributed by atoms with Crippen molar-refractivity contribution in [2.75, 3.05) is 0 Å². The number of nitrogens with zero attached hydrogens (tertiary/aromatic N) is 3. The SMILES string of the molecule is CCCc1nn(CC)c2c(=O)[nH]c(C)nc12. The molecule has 0 spiro atoms. The van der Waals surface area contributed by atoms with Gasteiger partial charge in [0.2, 0.25) is 0 Å². The molecule has 0 fully saturated rings. The lowest BCUT2D eigenvalue weighted by Gasteiger charge is -1.96. The predicted octanol–water partition coefficient (Wildman–Crippen LogP) is 1.40. The average molecular weight is 220 g/mol. The van der Waals surface area contributed by atoms with Gasteiger partial charge in [-0.05, 0) is 20.3 Å². The molecular formula is C11H16N4O. The fraction of sp³-hybridized carbons (Fsp3) is 0.545. The number of nitrogens with one attached hydrogen (secondary N) is 1. The third-order valence-electron chi connectivity index (χ3n) is 2.57. The summed E-state index contributed by atoms with van der Waals surface area (Å²) in [5.74, 6) is 0.644. The molecule has 2 aromatic heterocycles. The van der Waals surface area contributed by atoms with Crippen molar-refractivity contribution in [3.63, 3.8) is 0 Å². The summed E-state index contributed by atoms with van der Waals surface area (Å²) in [6, 6.07) is 0. The average Bonchev–Trinajstić information content (AvgIpc) is 2.57. The maximum absolute atomic E-state index is 11.8. The predicted molar refractivity (Wildman–Crippen MR) is 62.6 cm³/mol. The number of aromatic amines is 1. The smallest absolute Gasteiger partial charge is 0.277 e. The van der Waals surface area contributed by atoms with Gasteiger partial charge in [-0.2, -0.15) is 5.10 Å². The highest BCUT2D eigenvalue weighted by molar-refractivity contribution is 5.76. The molecule has 0 saturated carbocycles. The molecule has 0 amide bonds. The van der Waals surface area contributed by atoms with Crippen LogP contribution >= 0.6 is 0 Å². The zero-order valence-corrected chi connectivity index (χ0v) is 9.87. The van der Waals surface area contributed by atoms with Gasteiger partial charge < -0.3 is 4.98 Å². The Balaban J connectivity index is 2.79. The van der Waals surface area contributed by atoms with Gasteiger partial charge in [0.1, 0.15) is 11.3 Å². The quantitative estimate of drug-likeness (QED) is 0.850. The van der Waals surface area contributed by atoms with Crippen molar-refractivity contribution in [1.82, 2.24) is 19.7 Å². The molecule has 0 saturated heterocycles. The molecule has 2 rings (SSSR count). The van der Waals surface area contributed by atoms with E-state index in [1.807, 2.05) is 6.92 Å². The highest BCUT2D eigenvalue weighted by Gasteiger charge is 2.13. The van der Waals surface area contributed by atoms with Crippen LogP contribution in [0, 0.1) is 6.92 Å². The summed E-state index contributed by atoms with van der Waals surface area (Å²) in [5, 5.41) is 4.43. The normalized spacial score (nSPS) is 11.2. The molecule has 16 heavy (non-hydrogen) atoms. The summed E-state index contributed by atoms with van der Waals surface area (Å²) in [6.07, 6.45) is 1.86. The van der Waals surface area contributed by atoms with Crippen molar-refractivity contribution in [3.8, 4) is 0 Å². The van der Waals surface area contributed by atoms with Crippen LogP contribution in [0.15, 0.2) is 4.79 Å². The Morgan fingerprint density at radius 2 is 2.12 bits per heavy atom. The number of hydrogen-bond donors (Lipinski definition) is 1. The van der Waals surface area contributed by atoms with Crippen LogP contribution in [0.4, 0.5) is 0 Å². The van der Waals surface area contributed by atoms with Gasteiger partial charge in [-0.25, -0.2) is 4.98 Å². The molecule has 0 aliphatic carbocycles. The molecular weight excluding hydrogens is 204 g/mol. The first-order valence-electron chi connectivity index (χ1n) is 5.63. The van der Waals surface area contributed by atoms with Gasteiger partial charge in [-0.3, -0.25) is 9.48 Å². The zero-order chi connectivity index (χ0) is 11.7. The van der Waals surface area contributed by atoms with Gasteiger partial charge in [0, 0.05) is 6.54 Å². The van der Waals surface area contributed by atoms with Crippen molar-refractivity contribution in [2.24, 2.45) is 0 Å². The van der Waals surface area contributed by atoms with Crippen molar-refractivity contribution in [3.05, 3.63) is 21.9 Å². The second-order valence-corrected chi connectivity index (χ2v) is 3.86. The fourth-order valence-corrected chi connectivity index (χ4v) is 1.90. The Morgan fingerprint density at radius 3 is 2.75 bits per heavy atom. The number of H-pyrrole nitrogens is 1. The van der Waals surface area contributed by atoms with E-state index in [0.717, 1.165) is 24.1 Å². The third kappa shape index (κ3) is 1.62. The molecule has 86 valence electrons. The van der Waals surface area contributed by atoms with E-state index < -0.39 is 0 Å². The van der Waals surface area contributed by atoms with Crippen molar-refractivity contribution in [1.29, 1.82) is 0 Å². The van der Waals surface area contributed by atoms with E-state index >= 15 is 0 Å². The van der Waals surface area contributed by atoms with Crippen molar-refractivity contribution < 1.29 is 0 Å². The summed E-state index contributed by atoms with van der Waals surface area (Å²) in [7, 11) is 0. The van der Waals surface area contributed by atoms with E-state index in [1.54, 1.807) is 11.6 Å². The summed E-state index contributed by atoms with van der Waals surface area (Å²) >= 11 is 0. The molecule has 0 bridgehead atoms. The zero-order valence-electron chi connectivity index (χ0n) is 9.87. The molecule has 5 heteroatoms. The van der Waals surface area contributed by atoms with E-state index in [0.29, 0.717) is 17.9 Å². The van der Waals surface area contributed by atoms with Crippen LogP contribution in [-0.2, 0) is 13.0 Å². The minimum Gasteiger partial charge on any atom is -0.309 e. The number of rotatable bonds is 3. The third-order valence-corrected chi connectivity index (χ3v) is 2.57. The summed E-state index contributed by atoms with van der Waals surface area (Å²) in [4.78, 5) is 18.9. The van der Waals surface area contributed by atoms with Crippen molar-refractivity contribution in [2.45, 2.75) is 40.2 Å². The van der Waals surface area contributed by atoms with E-state index in [9.17, 15) is 4.79 Å². The number of fused-ring (bicyclic) bond motifs is 1. The summed E-state index contributed by atoms with van der Waals surface area (Å²) in [6.45, 7) is 6.55. The van der Waals surface area contributed by atoms with E-state index in [4.69, 9.17) is 0 Å². The maximum Gasteiger partial charge on any atom is 0.277 e. The minimum atomic E-state index is -0.0980. The molecule has 5 nitrogen and oxygen atoms in total. The molecule has 0 aromatic carbocycles. The Bertz CT molecular complexity index is 567. The van der Waals surface area contributed by atoms with Crippen LogP contribution in [0.25, 0.3) is 11.0 Å².